The molecule has 1 amide bonds. The molecular weight excluding hydrogens is 368 g/mol. The Hall–Kier alpha value is -1.34. The highest BCUT2D eigenvalue weighted by atomic mass is 35.5. The van der Waals surface area contributed by atoms with Crippen LogP contribution in [0, 0.1) is 5.92 Å². The number of alkyl halides is 1. The minimum absolute atomic E-state index is 0.173. The van der Waals surface area contributed by atoms with Gasteiger partial charge in [-0.2, -0.15) is 0 Å². The minimum atomic E-state index is -0.756. The van der Waals surface area contributed by atoms with Gasteiger partial charge in [0.1, 0.15) is 5.60 Å². The smallest absolute Gasteiger partial charge is 0.405 e. The van der Waals surface area contributed by atoms with Crippen molar-refractivity contribution in [2.45, 2.75) is 38.5 Å². The van der Waals surface area contributed by atoms with Crippen molar-refractivity contribution in [3.05, 3.63) is 35.9 Å². The molecular formula is C20H31ClN2O4. The normalized spacial score (nSPS) is 19.6. The van der Waals surface area contributed by atoms with Crippen molar-refractivity contribution >= 4 is 17.7 Å². The number of ether oxygens (including phenoxy) is 3. The van der Waals surface area contributed by atoms with Crippen LogP contribution in [0.25, 0.3) is 0 Å². The molecule has 1 saturated heterocycles. The Morgan fingerprint density at radius 2 is 2.15 bits per heavy atom. The Kier molecular flexibility index (Phi) is 8.83. The molecule has 1 fully saturated rings. The van der Waals surface area contributed by atoms with Gasteiger partial charge >= 0.3 is 6.09 Å². The second-order valence-corrected chi connectivity index (χ2v) is 7.94. The molecule has 1 aliphatic rings. The third kappa shape index (κ3) is 8.05. The second kappa shape index (κ2) is 10.9. The van der Waals surface area contributed by atoms with Gasteiger partial charge in [0.2, 0.25) is 0 Å². The average Bonchev–Trinajstić information content (AvgIpc) is 2.61. The molecule has 7 heteroatoms. The fourth-order valence-electron chi connectivity index (χ4n) is 3.51. The van der Waals surface area contributed by atoms with Gasteiger partial charge in [-0.25, -0.2) is 4.79 Å². The zero-order chi connectivity index (χ0) is 19.7. The van der Waals surface area contributed by atoms with Crippen LogP contribution in [0.1, 0.15) is 25.8 Å². The molecule has 1 aromatic carbocycles. The van der Waals surface area contributed by atoms with Gasteiger partial charge in [0.25, 0.3) is 0 Å². The number of primary amides is 1. The van der Waals surface area contributed by atoms with E-state index in [1.54, 1.807) is 0 Å². The molecule has 1 unspecified atom stereocenters. The van der Waals surface area contributed by atoms with Crippen LogP contribution < -0.4 is 5.73 Å². The van der Waals surface area contributed by atoms with E-state index in [-0.39, 0.29) is 12.0 Å². The lowest BCUT2D eigenvalue weighted by molar-refractivity contribution is -0.0341. The van der Waals surface area contributed by atoms with Crippen LogP contribution in [-0.4, -0.2) is 61.4 Å². The topological polar surface area (TPSA) is 74.0 Å². The molecule has 1 aliphatic heterocycles. The largest absolute Gasteiger partial charge is 0.444 e. The molecule has 1 aromatic rings. The fraction of sp³-hybridized carbons (Fsp3) is 0.650. The van der Waals surface area contributed by atoms with E-state index in [1.807, 2.05) is 44.2 Å². The number of hydrogen-bond donors (Lipinski definition) is 1. The van der Waals surface area contributed by atoms with Crippen molar-refractivity contribution in [3.8, 4) is 0 Å². The number of hydrogen-bond acceptors (Lipinski definition) is 5. The van der Waals surface area contributed by atoms with E-state index in [1.165, 1.54) is 0 Å². The summed E-state index contributed by atoms with van der Waals surface area (Å²) in [5.41, 5.74) is 5.70. The molecule has 6 nitrogen and oxygen atoms in total. The van der Waals surface area contributed by atoms with Crippen LogP contribution in [0.15, 0.2) is 30.3 Å². The maximum atomic E-state index is 11.2. The molecule has 0 aliphatic carbocycles. The number of carbonyl (C=O) groups is 1. The third-order valence-electron chi connectivity index (χ3n) is 4.64. The van der Waals surface area contributed by atoms with Gasteiger partial charge in [-0.3, -0.25) is 4.90 Å². The van der Waals surface area contributed by atoms with E-state index < -0.39 is 11.7 Å². The van der Waals surface area contributed by atoms with E-state index in [0.29, 0.717) is 38.7 Å². The Morgan fingerprint density at radius 1 is 1.41 bits per heavy atom. The number of benzene rings is 1. The zero-order valence-electron chi connectivity index (χ0n) is 16.2. The van der Waals surface area contributed by atoms with Crippen molar-refractivity contribution in [1.82, 2.24) is 4.90 Å². The Morgan fingerprint density at radius 3 is 2.81 bits per heavy atom. The minimum Gasteiger partial charge on any atom is -0.444 e. The van der Waals surface area contributed by atoms with Gasteiger partial charge in [0.05, 0.1) is 26.4 Å². The van der Waals surface area contributed by atoms with Gasteiger partial charge in [-0.1, -0.05) is 30.3 Å². The molecule has 152 valence electrons. The predicted octanol–water partition coefficient (Wildman–Crippen LogP) is 3.02. The van der Waals surface area contributed by atoms with E-state index in [0.717, 1.165) is 18.7 Å². The SMILES string of the molecule is CC(C)(CC(COCc1ccccc1)CN1CCOC[C@@H]1CCl)OC(N)=O. The fourth-order valence-corrected chi connectivity index (χ4v) is 3.79. The summed E-state index contributed by atoms with van der Waals surface area (Å²) in [5, 5.41) is 0. The second-order valence-electron chi connectivity index (χ2n) is 7.63. The summed E-state index contributed by atoms with van der Waals surface area (Å²) < 4.78 is 16.8. The Bertz CT molecular complexity index is 570. The van der Waals surface area contributed by atoms with Crippen molar-refractivity contribution in [3.63, 3.8) is 0 Å². The number of nitrogens with zero attached hydrogens (tertiary/aromatic N) is 1. The molecule has 0 aromatic heterocycles. The van der Waals surface area contributed by atoms with E-state index in [9.17, 15) is 4.79 Å². The first-order valence-electron chi connectivity index (χ1n) is 9.37. The Labute approximate surface area is 166 Å². The highest BCUT2D eigenvalue weighted by Crippen LogP contribution is 2.24. The van der Waals surface area contributed by atoms with Crippen LogP contribution >= 0.6 is 11.6 Å². The monoisotopic (exact) mass is 398 g/mol. The quantitative estimate of drug-likeness (QED) is 0.613. The third-order valence-corrected chi connectivity index (χ3v) is 5.00. The molecule has 2 N–H and O–H groups in total. The van der Waals surface area contributed by atoms with Gasteiger partial charge < -0.3 is 19.9 Å². The van der Waals surface area contributed by atoms with E-state index >= 15 is 0 Å². The number of amides is 1. The van der Waals surface area contributed by atoms with Crippen molar-refractivity contribution in [2.24, 2.45) is 11.7 Å². The highest BCUT2D eigenvalue weighted by molar-refractivity contribution is 6.18. The molecule has 0 saturated carbocycles. The number of carbonyl (C=O) groups excluding carboxylic acids is 1. The average molecular weight is 399 g/mol. The lowest BCUT2D eigenvalue weighted by Gasteiger charge is -2.38. The molecule has 0 spiro atoms. The van der Waals surface area contributed by atoms with Crippen LogP contribution in [0.2, 0.25) is 0 Å². The summed E-state index contributed by atoms with van der Waals surface area (Å²) in [6, 6.07) is 10.3. The summed E-state index contributed by atoms with van der Waals surface area (Å²) in [5.74, 6) is 0.700. The zero-order valence-corrected chi connectivity index (χ0v) is 17.0. The number of rotatable bonds is 10. The molecule has 0 bridgehead atoms. The lowest BCUT2D eigenvalue weighted by atomic mass is 9.92. The van der Waals surface area contributed by atoms with Crippen LogP contribution in [0.4, 0.5) is 4.79 Å². The van der Waals surface area contributed by atoms with Crippen molar-refractivity contribution < 1.29 is 19.0 Å². The highest BCUT2D eigenvalue weighted by Gasteiger charge is 2.30. The van der Waals surface area contributed by atoms with Gasteiger partial charge in [0, 0.05) is 25.0 Å². The first-order chi connectivity index (χ1) is 12.9. The van der Waals surface area contributed by atoms with Crippen molar-refractivity contribution in [2.75, 3.05) is 38.8 Å². The predicted molar refractivity (Wildman–Crippen MR) is 106 cm³/mol. The Balaban J connectivity index is 1.97. The van der Waals surface area contributed by atoms with Gasteiger partial charge in [0.15, 0.2) is 0 Å². The maximum Gasteiger partial charge on any atom is 0.405 e. The molecule has 1 heterocycles. The van der Waals surface area contributed by atoms with Gasteiger partial charge in [-0.15, -0.1) is 11.6 Å². The van der Waals surface area contributed by atoms with E-state index in [2.05, 4.69) is 4.90 Å². The number of morpholine rings is 1. The molecule has 2 atom stereocenters. The first kappa shape index (κ1) is 22.0. The van der Waals surface area contributed by atoms with Gasteiger partial charge in [-0.05, 0) is 31.7 Å². The van der Waals surface area contributed by atoms with Crippen LogP contribution in [-0.2, 0) is 20.8 Å². The molecule has 27 heavy (non-hydrogen) atoms. The standard InChI is InChI=1S/C20H31ClN2O4/c1-20(2,27-19(22)24)10-17(12-23-8-9-25-15-18(23)11-21)14-26-13-16-6-4-3-5-7-16/h3-7,17-18H,8-15H2,1-2H3,(H2,22,24)/t17?,18-/m0/s1. The summed E-state index contributed by atoms with van der Waals surface area (Å²) in [6.07, 6.45) is -0.106. The summed E-state index contributed by atoms with van der Waals surface area (Å²) in [6.45, 7) is 7.85. The lowest BCUT2D eigenvalue weighted by Crippen LogP contribution is -2.49. The van der Waals surface area contributed by atoms with E-state index in [4.69, 9.17) is 31.5 Å². The first-order valence-corrected chi connectivity index (χ1v) is 9.91. The number of nitrogens with two attached hydrogens (primary N) is 1. The summed E-state index contributed by atoms with van der Waals surface area (Å²) >= 11 is 6.11. The van der Waals surface area contributed by atoms with Crippen LogP contribution in [0.5, 0.6) is 0 Å². The molecule has 2 rings (SSSR count). The summed E-state index contributed by atoms with van der Waals surface area (Å²) in [4.78, 5) is 13.5. The number of halogens is 1. The van der Waals surface area contributed by atoms with Crippen molar-refractivity contribution in [1.29, 1.82) is 0 Å². The summed E-state index contributed by atoms with van der Waals surface area (Å²) in [7, 11) is 0. The molecule has 0 radical (unpaired) electrons. The maximum absolute atomic E-state index is 11.2. The van der Waals surface area contributed by atoms with Crippen LogP contribution in [0.3, 0.4) is 0 Å².